The van der Waals surface area contributed by atoms with E-state index in [1.54, 1.807) is 21.3 Å². The van der Waals surface area contributed by atoms with Crippen LogP contribution in [0, 0.1) is 0 Å². The first kappa shape index (κ1) is 9.96. The molecule has 0 spiro atoms. The van der Waals surface area contributed by atoms with Gasteiger partial charge in [-0.2, -0.15) is 0 Å². The maximum atomic E-state index is 10.2. The number of aliphatic imine (C=N–C) groups is 1. The average Bonchev–Trinajstić information content (AvgIpc) is 2.56. The molecule has 0 bridgehead atoms. The largest absolute Gasteiger partial charge is 0.375 e. The predicted molar refractivity (Wildman–Crippen MR) is 49.7 cm³/mol. The van der Waals surface area contributed by atoms with E-state index < -0.39 is 17.1 Å². The first-order valence-corrected chi connectivity index (χ1v) is 3.83. The topological polar surface area (TPSA) is 123 Å². The van der Waals surface area contributed by atoms with Gasteiger partial charge in [-0.15, -0.1) is 0 Å². The average molecular weight is 199 g/mol. The highest BCUT2D eigenvalue weighted by molar-refractivity contribution is 5.56. The summed E-state index contributed by atoms with van der Waals surface area (Å²) in [7, 11) is 0. The molecule has 0 atom stereocenters. The van der Waals surface area contributed by atoms with Crippen LogP contribution in [0.15, 0.2) is 19.4 Å². The molecule has 2 heterocycles. The van der Waals surface area contributed by atoms with E-state index in [9.17, 15) is 14.4 Å². The van der Waals surface area contributed by atoms with Crippen LogP contribution in [0.4, 0.5) is 0 Å². The van der Waals surface area contributed by atoms with Crippen molar-refractivity contribution in [2.75, 3.05) is 13.1 Å². The first-order chi connectivity index (χ1) is 6.68. The Bertz CT molecular complexity index is 383. The van der Waals surface area contributed by atoms with Crippen LogP contribution in [-0.2, 0) is 0 Å². The Labute approximate surface area is 77.1 Å². The summed E-state index contributed by atoms with van der Waals surface area (Å²) in [6, 6.07) is 0. The molecule has 0 unspecified atom stereocenters. The van der Waals surface area contributed by atoms with Crippen molar-refractivity contribution in [2.24, 2.45) is 4.99 Å². The van der Waals surface area contributed by atoms with Gasteiger partial charge in [0.2, 0.25) is 0 Å². The molecule has 0 aliphatic carbocycles. The molecule has 2 rings (SSSR count). The molecule has 1 aromatic rings. The minimum Gasteiger partial charge on any atom is -0.375 e. The van der Waals surface area contributed by atoms with E-state index in [0.717, 1.165) is 13.1 Å². The molecular formula is C6H9N5O3. The summed E-state index contributed by atoms with van der Waals surface area (Å²) in [6.45, 7) is 1.99. The van der Waals surface area contributed by atoms with E-state index in [4.69, 9.17) is 0 Å². The smallest absolute Gasteiger partial charge is 0.330 e. The lowest BCUT2D eigenvalue weighted by atomic mass is 10.7. The number of H-pyrrole nitrogens is 3. The normalized spacial score (nSPS) is 12.9. The molecule has 8 heteroatoms. The number of aromatic amines is 3. The Morgan fingerprint density at radius 3 is 1.71 bits per heavy atom. The van der Waals surface area contributed by atoms with Crippen molar-refractivity contribution in [3.05, 3.63) is 31.5 Å². The highest BCUT2D eigenvalue weighted by atomic mass is 16.2. The molecule has 14 heavy (non-hydrogen) atoms. The predicted octanol–water partition coefficient (Wildman–Crippen LogP) is -2.63. The van der Waals surface area contributed by atoms with Gasteiger partial charge < -0.3 is 5.32 Å². The molecule has 8 nitrogen and oxygen atoms in total. The fraction of sp³-hybridized carbons (Fsp3) is 0.333. The van der Waals surface area contributed by atoms with Gasteiger partial charge in [0.15, 0.2) is 0 Å². The van der Waals surface area contributed by atoms with Crippen LogP contribution in [-0.4, -0.2) is 34.4 Å². The van der Waals surface area contributed by atoms with E-state index in [2.05, 4.69) is 10.3 Å². The van der Waals surface area contributed by atoms with Crippen LogP contribution < -0.4 is 22.4 Å². The van der Waals surface area contributed by atoms with E-state index in [0.29, 0.717) is 0 Å². The van der Waals surface area contributed by atoms with Gasteiger partial charge in [0, 0.05) is 6.54 Å². The Kier molecular flexibility index (Phi) is 3.41. The molecule has 4 N–H and O–H groups in total. The van der Waals surface area contributed by atoms with Crippen molar-refractivity contribution >= 4 is 6.34 Å². The zero-order valence-corrected chi connectivity index (χ0v) is 7.16. The Morgan fingerprint density at radius 2 is 1.50 bits per heavy atom. The lowest BCUT2D eigenvalue weighted by molar-refractivity contribution is 0.888. The number of hydrogen-bond acceptors (Lipinski definition) is 5. The number of rotatable bonds is 0. The summed E-state index contributed by atoms with van der Waals surface area (Å²) in [6.07, 6.45) is 1.74. The lowest BCUT2D eigenvalue weighted by Gasteiger charge is -1.77. The molecule has 0 amide bonds. The van der Waals surface area contributed by atoms with Crippen molar-refractivity contribution in [3.8, 4) is 0 Å². The van der Waals surface area contributed by atoms with Crippen LogP contribution in [0.25, 0.3) is 0 Å². The summed E-state index contributed by atoms with van der Waals surface area (Å²) in [5, 5.41) is 2.93. The Hall–Kier alpha value is -2.12. The zero-order valence-electron chi connectivity index (χ0n) is 7.16. The van der Waals surface area contributed by atoms with Gasteiger partial charge in [0.05, 0.1) is 12.9 Å². The zero-order chi connectivity index (χ0) is 10.4. The fourth-order valence-electron chi connectivity index (χ4n) is 0.726. The van der Waals surface area contributed by atoms with Gasteiger partial charge in [0.25, 0.3) is 0 Å². The summed E-state index contributed by atoms with van der Waals surface area (Å²) in [4.78, 5) is 39.8. The second-order valence-electron chi connectivity index (χ2n) is 2.35. The molecule has 0 fully saturated rings. The van der Waals surface area contributed by atoms with Gasteiger partial charge in [-0.05, 0) is 0 Å². The molecule has 76 valence electrons. The second-order valence-corrected chi connectivity index (χ2v) is 2.35. The highest BCUT2D eigenvalue weighted by Crippen LogP contribution is 1.68. The molecule has 0 aromatic carbocycles. The number of nitrogens with zero attached hydrogens (tertiary/aromatic N) is 1. The summed E-state index contributed by atoms with van der Waals surface area (Å²) >= 11 is 0. The van der Waals surface area contributed by atoms with E-state index in [1.807, 2.05) is 0 Å². The Morgan fingerprint density at radius 1 is 1.00 bits per heavy atom. The second kappa shape index (κ2) is 4.80. The third-order valence-corrected chi connectivity index (χ3v) is 1.25. The van der Waals surface area contributed by atoms with Gasteiger partial charge in [-0.3, -0.25) is 19.9 Å². The van der Waals surface area contributed by atoms with Crippen molar-refractivity contribution in [1.82, 2.24) is 20.3 Å². The molecule has 1 aliphatic heterocycles. The number of nitrogens with one attached hydrogen (secondary N) is 4. The number of hydrogen-bond donors (Lipinski definition) is 4. The molecule has 0 saturated heterocycles. The van der Waals surface area contributed by atoms with Crippen LogP contribution >= 0.6 is 0 Å². The van der Waals surface area contributed by atoms with E-state index in [-0.39, 0.29) is 0 Å². The third kappa shape index (κ3) is 3.52. The van der Waals surface area contributed by atoms with Crippen LogP contribution in [0.1, 0.15) is 0 Å². The minimum atomic E-state index is -0.802. The highest BCUT2D eigenvalue weighted by Gasteiger charge is 1.85. The molecule has 1 aromatic heterocycles. The van der Waals surface area contributed by atoms with Crippen LogP contribution in [0.5, 0.6) is 0 Å². The molecule has 0 radical (unpaired) electrons. The van der Waals surface area contributed by atoms with Gasteiger partial charge in [-0.1, -0.05) is 0 Å². The van der Waals surface area contributed by atoms with E-state index >= 15 is 0 Å². The van der Waals surface area contributed by atoms with Crippen molar-refractivity contribution in [3.63, 3.8) is 0 Å². The van der Waals surface area contributed by atoms with Crippen molar-refractivity contribution in [1.29, 1.82) is 0 Å². The van der Waals surface area contributed by atoms with Crippen molar-refractivity contribution < 1.29 is 0 Å². The lowest BCUT2D eigenvalue weighted by Crippen LogP contribution is -2.34. The maximum Gasteiger partial charge on any atom is 0.330 e. The van der Waals surface area contributed by atoms with Gasteiger partial charge in [0.1, 0.15) is 0 Å². The molecular weight excluding hydrogens is 190 g/mol. The Balaban J connectivity index is 0.000000165. The standard InChI is InChI=1S/C3H3N3O3.C3H6N2/c7-1-4-2(8)6-3(9)5-1;1-2-5-3-4-1/h(H3,4,5,6,7,8,9);3H,1-2H2,(H,4,5). The van der Waals surface area contributed by atoms with Gasteiger partial charge >= 0.3 is 17.1 Å². The summed E-state index contributed by atoms with van der Waals surface area (Å²) in [5.41, 5.74) is -2.41. The minimum absolute atomic E-state index is 0.802. The van der Waals surface area contributed by atoms with E-state index in [1.165, 1.54) is 0 Å². The molecule has 0 saturated carbocycles. The monoisotopic (exact) mass is 199 g/mol. The first-order valence-electron chi connectivity index (χ1n) is 3.83. The van der Waals surface area contributed by atoms with Gasteiger partial charge in [-0.25, -0.2) is 14.4 Å². The quantitative estimate of drug-likeness (QED) is 0.365. The van der Waals surface area contributed by atoms with Crippen LogP contribution in [0.3, 0.4) is 0 Å². The van der Waals surface area contributed by atoms with Crippen LogP contribution in [0.2, 0.25) is 0 Å². The van der Waals surface area contributed by atoms with Crippen molar-refractivity contribution in [2.45, 2.75) is 0 Å². The third-order valence-electron chi connectivity index (χ3n) is 1.25. The molecule has 1 aliphatic rings. The fourth-order valence-corrected chi connectivity index (χ4v) is 0.726. The SMILES string of the molecule is C1=NCCN1.O=c1[nH]c(=O)[nH]c(=O)[nH]1. The summed E-state index contributed by atoms with van der Waals surface area (Å²) < 4.78 is 0. The summed E-state index contributed by atoms with van der Waals surface area (Å²) in [5.74, 6) is 0. The number of aromatic nitrogens is 3. The maximum absolute atomic E-state index is 10.2.